The minimum Gasteiger partial charge on any atom is -0.369 e. The van der Waals surface area contributed by atoms with Crippen molar-refractivity contribution >= 4 is 27.4 Å². The Balaban J connectivity index is 2.08. The number of fused-ring (bicyclic) bond motifs is 1. The van der Waals surface area contributed by atoms with Gasteiger partial charge in [0.15, 0.2) is 5.82 Å². The number of hydrogen-bond acceptors (Lipinski definition) is 4. The molecule has 1 N–H and O–H groups in total. The standard InChI is InChI=1S/C16H17N3S/c1-3-9-17-15-13-8-10-20-16(13)19-14(18-15)12-6-4-11(2)5-7-12/h4-8,10H,3,9H2,1-2H3,(H,17,18,19). The Kier molecular flexibility index (Phi) is 3.65. The molecule has 0 aliphatic rings. The first-order chi connectivity index (χ1) is 9.78. The summed E-state index contributed by atoms with van der Waals surface area (Å²) < 4.78 is 0. The van der Waals surface area contributed by atoms with Crippen molar-refractivity contribution in [2.75, 3.05) is 11.9 Å². The number of benzene rings is 1. The van der Waals surface area contributed by atoms with Crippen LogP contribution in [-0.4, -0.2) is 16.5 Å². The van der Waals surface area contributed by atoms with E-state index in [0.717, 1.165) is 40.4 Å². The molecule has 0 bridgehead atoms. The Morgan fingerprint density at radius 2 is 1.90 bits per heavy atom. The van der Waals surface area contributed by atoms with E-state index in [-0.39, 0.29) is 0 Å². The number of aromatic nitrogens is 2. The molecule has 0 aliphatic heterocycles. The molecule has 1 aromatic carbocycles. The lowest BCUT2D eigenvalue weighted by Crippen LogP contribution is -2.03. The highest BCUT2D eigenvalue weighted by Crippen LogP contribution is 2.28. The van der Waals surface area contributed by atoms with Gasteiger partial charge in [0.25, 0.3) is 0 Å². The topological polar surface area (TPSA) is 37.8 Å². The van der Waals surface area contributed by atoms with Gasteiger partial charge in [0.2, 0.25) is 0 Å². The van der Waals surface area contributed by atoms with E-state index < -0.39 is 0 Å². The van der Waals surface area contributed by atoms with Gasteiger partial charge in [-0.05, 0) is 24.8 Å². The summed E-state index contributed by atoms with van der Waals surface area (Å²) in [5.41, 5.74) is 2.31. The van der Waals surface area contributed by atoms with Crippen LogP contribution in [0.4, 0.5) is 5.82 Å². The maximum atomic E-state index is 4.69. The van der Waals surface area contributed by atoms with Gasteiger partial charge in [-0.15, -0.1) is 11.3 Å². The zero-order valence-corrected chi connectivity index (χ0v) is 12.5. The Labute approximate surface area is 122 Å². The summed E-state index contributed by atoms with van der Waals surface area (Å²) in [6.07, 6.45) is 1.08. The van der Waals surface area contributed by atoms with Crippen LogP contribution in [0.25, 0.3) is 21.6 Å². The van der Waals surface area contributed by atoms with Crippen LogP contribution in [0, 0.1) is 6.92 Å². The molecule has 0 fully saturated rings. The molecule has 2 heterocycles. The zero-order valence-electron chi connectivity index (χ0n) is 11.7. The van der Waals surface area contributed by atoms with Gasteiger partial charge >= 0.3 is 0 Å². The van der Waals surface area contributed by atoms with E-state index in [2.05, 4.69) is 59.9 Å². The molecule has 3 aromatic rings. The number of aryl methyl sites for hydroxylation is 1. The third-order valence-electron chi connectivity index (χ3n) is 3.18. The summed E-state index contributed by atoms with van der Waals surface area (Å²) in [6, 6.07) is 10.4. The maximum Gasteiger partial charge on any atom is 0.163 e. The number of hydrogen-bond donors (Lipinski definition) is 1. The molecule has 3 rings (SSSR count). The van der Waals surface area contributed by atoms with Crippen LogP contribution < -0.4 is 5.32 Å². The quantitative estimate of drug-likeness (QED) is 0.766. The van der Waals surface area contributed by atoms with Crippen LogP contribution in [0.5, 0.6) is 0 Å². The largest absolute Gasteiger partial charge is 0.369 e. The maximum absolute atomic E-state index is 4.69. The van der Waals surface area contributed by atoms with Gasteiger partial charge in [-0.1, -0.05) is 36.8 Å². The van der Waals surface area contributed by atoms with E-state index in [1.165, 1.54) is 5.56 Å². The fourth-order valence-corrected chi connectivity index (χ4v) is 2.83. The predicted molar refractivity (Wildman–Crippen MR) is 86.4 cm³/mol. The second-order valence-corrected chi connectivity index (χ2v) is 5.72. The summed E-state index contributed by atoms with van der Waals surface area (Å²) in [5.74, 6) is 1.73. The van der Waals surface area contributed by atoms with Crippen molar-refractivity contribution in [3.8, 4) is 11.4 Å². The van der Waals surface area contributed by atoms with Crippen LogP contribution in [0.3, 0.4) is 0 Å². The van der Waals surface area contributed by atoms with Crippen molar-refractivity contribution in [2.45, 2.75) is 20.3 Å². The lowest BCUT2D eigenvalue weighted by molar-refractivity contribution is 0.971. The molecule has 0 saturated carbocycles. The van der Waals surface area contributed by atoms with Crippen molar-refractivity contribution in [3.05, 3.63) is 41.3 Å². The summed E-state index contributed by atoms with van der Waals surface area (Å²) >= 11 is 1.66. The van der Waals surface area contributed by atoms with Crippen LogP contribution in [0.2, 0.25) is 0 Å². The van der Waals surface area contributed by atoms with Crippen molar-refractivity contribution in [2.24, 2.45) is 0 Å². The van der Waals surface area contributed by atoms with Crippen LogP contribution in [0.15, 0.2) is 35.7 Å². The average Bonchev–Trinajstić information content (AvgIpc) is 2.94. The molecule has 0 unspecified atom stereocenters. The normalized spacial score (nSPS) is 10.9. The molecule has 102 valence electrons. The minimum absolute atomic E-state index is 0.790. The van der Waals surface area contributed by atoms with Crippen LogP contribution in [0.1, 0.15) is 18.9 Å². The molecule has 0 saturated heterocycles. The molecule has 20 heavy (non-hydrogen) atoms. The molecule has 0 amide bonds. The lowest BCUT2D eigenvalue weighted by Gasteiger charge is -2.08. The van der Waals surface area contributed by atoms with Gasteiger partial charge in [-0.2, -0.15) is 0 Å². The van der Waals surface area contributed by atoms with Crippen molar-refractivity contribution in [1.82, 2.24) is 9.97 Å². The monoisotopic (exact) mass is 283 g/mol. The Bertz CT molecular complexity index is 716. The third kappa shape index (κ3) is 2.51. The molecule has 0 atom stereocenters. The van der Waals surface area contributed by atoms with Crippen molar-refractivity contribution in [3.63, 3.8) is 0 Å². The van der Waals surface area contributed by atoms with Gasteiger partial charge < -0.3 is 5.32 Å². The third-order valence-corrected chi connectivity index (χ3v) is 3.98. The highest BCUT2D eigenvalue weighted by Gasteiger charge is 2.09. The fourth-order valence-electron chi connectivity index (χ4n) is 2.07. The molecular formula is C16H17N3S. The van der Waals surface area contributed by atoms with Gasteiger partial charge in [0.1, 0.15) is 10.6 Å². The Morgan fingerprint density at radius 1 is 1.10 bits per heavy atom. The average molecular weight is 283 g/mol. The van der Waals surface area contributed by atoms with Crippen LogP contribution in [-0.2, 0) is 0 Å². The van der Waals surface area contributed by atoms with Gasteiger partial charge in [0.05, 0.1) is 5.39 Å². The van der Waals surface area contributed by atoms with Crippen molar-refractivity contribution < 1.29 is 0 Å². The van der Waals surface area contributed by atoms with E-state index in [1.54, 1.807) is 11.3 Å². The van der Waals surface area contributed by atoms with E-state index in [9.17, 15) is 0 Å². The molecule has 2 aromatic heterocycles. The number of nitrogens with zero attached hydrogens (tertiary/aromatic N) is 2. The van der Waals surface area contributed by atoms with E-state index >= 15 is 0 Å². The summed E-state index contributed by atoms with van der Waals surface area (Å²) in [5, 5.41) is 6.58. The SMILES string of the molecule is CCCNc1nc(-c2ccc(C)cc2)nc2sccc12. The number of rotatable bonds is 4. The zero-order chi connectivity index (χ0) is 13.9. The van der Waals surface area contributed by atoms with E-state index in [1.807, 2.05) is 0 Å². The Hall–Kier alpha value is -1.94. The fraction of sp³-hybridized carbons (Fsp3) is 0.250. The molecule has 4 heteroatoms. The Morgan fingerprint density at radius 3 is 2.65 bits per heavy atom. The molecule has 0 radical (unpaired) electrons. The summed E-state index contributed by atoms with van der Waals surface area (Å²) in [7, 11) is 0. The molecule has 3 nitrogen and oxygen atoms in total. The first-order valence-corrected chi connectivity index (χ1v) is 7.72. The smallest absolute Gasteiger partial charge is 0.163 e. The highest BCUT2D eigenvalue weighted by molar-refractivity contribution is 7.16. The first kappa shape index (κ1) is 13.1. The second kappa shape index (κ2) is 5.59. The summed E-state index contributed by atoms with van der Waals surface area (Å²) in [4.78, 5) is 10.4. The van der Waals surface area contributed by atoms with Gasteiger partial charge in [0, 0.05) is 12.1 Å². The van der Waals surface area contributed by atoms with Gasteiger partial charge in [-0.3, -0.25) is 0 Å². The summed E-state index contributed by atoms with van der Waals surface area (Å²) in [6.45, 7) is 5.16. The second-order valence-electron chi connectivity index (χ2n) is 4.83. The first-order valence-electron chi connectivity index (χ1n) is 6.84. The van der Waals surface area contributed by atoms with Crippen LogP contribution >= 0.6 is 11.3 Å². The highest BCUT2D eigenvalue weighted by atomic mass is 32.1. The molecule has 0 spiro atoms. The number of nitrogens with one attached hydrogen (secondary N) is 1. The van der Waals surface area contributed by atoms with Crippen molar-refractivity contribution in [1.29, 1.82) is 0 Å². The number of thiophene rings is 1. The van der Waals surface area contributed by atoms with Gasteiger partial charge in [-0.25, -0.2) is 9.97 Å². The predicted octanol–water partition coefficient (Wildman–Crippen LogP) is 4.49. The number of anilines is 1. The minimum atomic E-state index is 0.790. The van der Waals surface area contributed by atoms with E-state index in [0.29, 0.717) is 0 Å². The lowest BCUT2D eigenvalue weighted by atomic mass is 10.1. The molecular weight excluding hydrogens is 266 g/mol. The van der Waals surface area contributed by atoms with E-state index in [4.69, 9.17) is 4.98 Å². The molecule has 0 aliphatic carbocycles.